The number of nitriles is 1. The van der Waals surface area contributed by atoms with E-state index >= 15 is 0 Å². The van der Waals surface area contributed by atoms with E-state index in [1.807, 2.05) is 54.6 Å². The zero-order chi connectivity index (χ0) is 33.4. The van der Waals surface area contributed by atoms with E-state index in [0.29, 0.717) is 11.4 Å². The summed E-state index contributed by atoms with van der Waals surface area (Å²) in [5.41, 5.74) is 9.76. The van der Waals surface area contributed by atoms with E-state index in [-0.39, 0.29) is 0 Å². The average molecular weight is 636 g/mol. The van der Waals surface area contributed by atoms with Crippen molar-refractivity contribution < 1.29 is 0 Å². The van der Waals surface area contributed by atoms with Crippen LogP contribution in [0.15, 0.2) is 176 Å². The minimum Gasteiger partial charge on any atom is -0.228 e. The van der Waals surface area contributed by atoms with Gasteiger partial charge in [-0.3, -0.25) is 0 Å². The summed E-state index contributed by atoms with van der Waals surface area (Å²) in [6.45, 7) is 0. The lowest BCUT2D eigenvalue weighted by molar-refractivity contribution is 1.18. The molecule has 232 valence electrons. The van der Waals surface area contributed by atoms with Gasteiger partial charge in [-0.1, -0.05) is 152 Å². The van der Waals surface area contributed by atoms with Gasteiger partial charge in [-0.05, 0) is 78.8 Å². The van der Waals surface area contributed by atoms with Crippen LogP contribution in [0, 0.1) is 11.3 Å². The molecule has 0 aliphatic heterocycles. The molecule has 3 nitrogen and oxygen atoms in total. The van der Waals surface area contributed by atoms with Gasteiger partial charge in [0, 0.05) is 16.7 Å². The maximum Gasteiger partial charge on any atom is 0.160 e. The minimum absolute atomic E-state index is 0.634. The van der Waals surface area contributed by atoms with Gasteiger partial charge in [-0.15, -0.1) is 0 Å². The van der Waals surface area contributed by atoms with E-state index in [0.717, 1.165) is 44.8 Å². The lowest BCUT2D eigenvalue weighted by Crippen LogP contribution is -1.97. The Morgan fingerprint density at radius 1 is 0.400 bits per heavy atom. The molecule has 0 unspecified atom stereocenters. The molecule has 0 N–H and O–H groups in total. The number of rotatable bonds is 5. The fourth-order valence-electron chi connectivity index (χ4n) is 7.08. The van der Waals surface area contributed by atoms with Gasteiger partial charge in [0.05, 0.1) is 23.0 Å². The smallest absolute Gasteiger partial charge is 0.160 e. The maximum atomic E-state index is 9.36. The highest BCUT2D eigenvalue weighted by Crippen LogP contribution is 2.41. The Labute approximate surface area is 290 Å². The molecule has 0 saturated heterocycles. The summed E-state index contributed by atoms with van der Waals surface area (Å²) in [4.78, 5) is 10.3. The molecule has 1 heterocycles. The standard InChI is InChI=1S/C47H29N3/c48-30-31-18-20-33(21-19-31)39-14-8-9-17-42(39)44-29-43(34-11-2-1-3-12-34)49-47(50-44)36-25-23-35(24-26-36)45-41-16-7-5-13-37(41)28-38-27-22-32-10-4-6-15-40(32)46(38)45/h1-29H. The molecule has 50 heavy (non-hydrogen) atoms. The summed E-state index contributed by atoms with van der Waals surface area (Å²) >= 11 is 0. The van der Waals surface area contributed by atoms with Crippen molar-refractivity contribution in [2.75, 3.05) is 0 Å². The quantitative estimate of drug-likeness (QED) is 0.140. The SMILES string of the molecule is N#Cc1ccc(-c2ccccc2-c2cc(-c3ccccc3)nc(-c3ccc(-c4c5ccccc5cc5ccc6ccccc6c45)cc3)n2)cc1. The molecule has 8 aromatic carbocycles. The first-order valence-corrected chi connectivity index (χ1v) is 16.7. The number of fused-ring (bicyclic) bond motifs is 4. The first-order chi connectivity index (χ1) is 24.7. The summed E-state index contributed by atoms with van der Waals surface area (Å²) < 4.78 is 0. The van der Waals surface area contributed by atoms with Crippen molar-refractivity contribution in [1.29, 1.82) is 5.26 Å². The van der Waals surface area contributed by atoms with Gasteiger partial charge in [0.2, 0.25) is 0 Å². The molecule has 9 aromatic rings. The fraction of sp³-hybridized carbons (Fsp3) is 0. The first kappa shape index (κ1) is 29.3. The lowest BCUT2D eigenvalue weighted by Gasteiger charge is -2.15. The molecule has 0 fully saturated rings. The minimum atomic E-state index is 0.634. The van der Waals surface area contributed by atoms with Crippen LogP contribution in [-0.4, -0.2) is 9.97 Å². The highest BCUT2D eigenvalue weighted by molar-refractivity contribution is 6.21. The second-order valence-electron chi connectivity index (χ2n) is 12.5. The summed E-state index contributed by atoms with van der Waals surface area (Å²) in [6.07, 6.45) is 0. The van der Waals surface area contributed by atoms with Gasteiger partial charge in [-0.2, -0.15) is 5.26 Å². The van der Waals surface area contributed by atoms with Gasteiger partial charge in [0.1, 0.15) is 0 Å². The summed E-state index contributed by atoms with van der Waals surface area (Å²) in [6, 6.07) is 63.3. The van der Waals surface area contributed by atoms with Crippen LogP contribution in [0.1, 0.15) is 5.56 Å². The molecule has 0 aliphatic carbocycles. The molecule has 0 amide bonds. The maximum absolute atomic E-state index is 9.36. The topological polar surface area (TPSA) is 49.6 Å². The second kappa shape index (κ2) is 12.3. The highest BCUT2D eigenvalue weighted by Gasteiger charge is 2.16. The van der Waals surface area contributed by atoms with Crippen LogP contribution in [0.4, 0.5) is 0 Å². The van der Waals surface area contributed by atoms with E-state index in [1.54, 1.807) is 0 Å². The third kappa shape index (κ3) is 5.17. The van der Waals surface area contributed by atoms with Gasteiger partial charge in [0.25, 0.3) is 0 Å². The van der Waals surface area contributed by atoms with Crippen LogP contribution in [-0.2, 0) is 0 Å². The molecule has 0 atom stereocenters. The molecular weight excluding hydrogens is 607 g/mol. The molecular formula is C47H29N3. The van der Waals surface area contributed by atoms with Crippen molar-refractivity contribution in [2.45, 2.75) is 0 Å². The molecule has 0 spiro atoms. The Hall–Kier alpha value is -6.89. The largest absolute Gasteiger partial charge is 0.228 e. The van der Waals surface area contributed by atoms with Crippen molar-refractivity contribution in [3.05, 3.63) is 181 Å². The molecule has 9 rings (SSSR count). The zero-order valence-corrected chi connectivity index (χ0v) is 27.1. The predicted octanol–water partition coefficient (Wildman–Crippen LogP) is 12.1. The van der Waals surface area contributed by atoms with Crippen molar-refractivity contribution in [2.24, 2.45) is 0 Å². The highest BCUT2D eigenvalue weighted by atomic mass is 14.9. The van der Waals surface area contributed by atoms with E-state index < -0.39 is 0 Å². The summed E-state index contributed by atoms with van der Waals surface area (Å²) in [7, 11) is 0. The number of hydrogen-bond acceptors (Lipinski definition) is 3. The average Bonchev–Trinajstić information content (AvgIpc) is 3.20. The zero-order valence-electron chi connectivity index (χ0n) is 27.1. The van der Waals surface area contributed by atoms with Crippen LogP contribution in [0.5, 0.6) is 0 Å². The normalized spacial score (nSPS) is 11.2. The van der Waals surface area contributed by atoms with Crippen LogP contribution in [0.3, 0.4) is 0 Å². The number of nitrogens with zero attached hydrogens (tertiary/aromatic N) is 3. The van der Waals surface area contributed by atoms with Gasteiger partial charge in [-0.25, -0.2) is 9.97 Å². The Morgan fingerprint density at radius 3 is 1.78 bits per heavy atom. The molecule has 0 aliphatic rings. The molecule has 1 aromatic heterocycles. The van der Waals surface area contributed by atoms with E-state index in [4.69, 9.17) is 9.97 Å². The number of aromatic nitrogens is 2. The summed E-state index contributed by atoms with van der Waals surface area (Å²) in [5, 5.41) is 16.8. The van der Waals surface area contributed by atoms with Crippen LogP contribution >= 0.6 is 0 Å². The van der Waals surface area contributed by atoms with Crippen LogP contribution < -0.4 is 0 Å². The molecule has 0 saturated carbocycles. The molecule has 3 heteroatoms. The summed E-state index contributed by atoms with van der Waals surface area (Å²) in [5.74, 6) is 0.663. The van der Waals surface area contributed by atoms with Gasteiger partial charge in [0.15, 0.2) is 5.82 Å². The first-order valence-electron chi connectivity index (χ1n) is 16.7. The van der Waals surface area contributed by atoms with Crippen molar-refractivity contribution in [1.82, 2.24) is 9.97 Å². The third-order valence-corrected chi connectivity index (χ3v) is 9.51. The fourth-order valence-corrected chi connectivity index (χ4v) is 7.08. The lowest BCUT2D eigenvalue weighted by atomic mass is 9.89. The van der Waals surface area contributed by atoms with Crippen molar-refractivity contribution in [3.8, 4) is 62.2 Å². The Bertz CT molecular complexity index is 2740. The predicted molar refractivity (Wildman–Crippen MR) is 206 cm³/mol. The van der Waals surface area contributed by atoms with Crippen LogP contribution in [0.2, 0.25) is 0 Å². The number of hydrogen-bond donors (Lipinski definition) is 0. The molecule has 0 bridgehead atoms. The van der Waals surface area contributed by atoms with Gasteiger partial charge < -0.3 is 0 Å². The monoisotopic (exact) mass is 635 g/mol. The van der Waals surface area contributed by atoms with Crippen LogP contribution in [0.25, 0.3) is 88.5 Å². The molecule has 0 radical (unpaired) electrons. The Kier molecular flexibility index (Phi) is 7.19. The van der Waals surface area contributed by atoms with E-state index in [1.165, 1.54) is 37.9 Å². The third-order valence-electron chi connectivity index (χ3n) is 9.51. The van der Waals surface area contributed by atoms with E-state index in [2.05, 4.69) is 127 Å². The van der Waals surface area contributed by atoms with Gasteiger partial charge >= 0.3 is 0 Å². The Morgan fingerprint density at radius 2 is 1.00 bits per heavy atom. The Balaban J connectivity index is 1.22. The van der Waals surface area contributed by atoms with E-state index in [9.17, 15) is 5.26 Å². The van der Waals surface area contributed by atoms with Crippen molar-refractivity contribution >= 4 is 32.3 Å². The number of benzene rings is 8. The van der Waals surface area contributed by atoms with Crippen molar-refractivity contribution in [3.63, 3.8) is 0 Å². The second-order valence-corrected chi connectivity index (χ2v) is 12.5.